The Kier molecular flexibility index (Phi) is 7.41. The van der Waals surface area contributed by atoms with Crippen LogP contribution in [-0.4, -0.2) is 34.9 Å². The van der Waals surface area contributed by atoms with Crippen LogP contribution < -0.4 is 5.32 Å². The van der Waals surface area contributed by atoms with E-state index >= 15 is 0 Å². The molecule has 0 radical (unpaired) electrons. The minimum absolute atomic E-state index is 0.0261. The van der Waals surface area contributed by atoms with E-state index in [-0.39, 0.29) is 23.5 Å². The van der Waals surface area contributed by atoms with Crippen molar-refractivity contribution in [1.29, 1.82) is 0 Å². The minimum atomic E-state index is -0.308. The quantitative estimate of drug-likeness (QED) is 0.739. The lowest BCUT2D eigenvalue weighted by Crippen LogP contribution is -2.35. The summed E-state index contributed by atoms with van der Waals surface area (Å²) in [5, 5.41) is 6.15. The molecule has 1 aromatic rings. The third-order valence-corrected chi connectivity index (χ3v) is 6.64. The van der Waals surface area contributed by atoms with Crippen molar-refractivity contribution in [3.05, 3.63) is 22.2 Å². The number of epoxide rings is 1. The van der Waals surface area contributed by atoms with Crippen molar-refractivity contribution in [3.8, 4) is 0 Å². The molecule has 2 fully saturated rings. The predicted octanol–water partition coefficient (Wildman–Crippen LogP) is 4.45. The van der Waals surface area contributed by atoms with Gasteiger partial charge < -0.3 is 10.1 Å². The van der Waals surface area contributed by atoms with Crippen LogP contribution in [0.4, 0.5) is 0 Å². The highest BCUT2D eigenvalue weighted by atomic mass is 32.1. The van der Waals surface area contributed by atoms with Crippen LogP contribution in [0.1, 0.15) is 75.4 Å². The van der Waals surface area contributed by atoms with Crippen molar-refractivity contribution in [2.75, 3.05) is 6.54 Å². The van der Waals surface area contributed by atoms with Crippen molar-refractivity contribution in [2.24, 2.45) is 5.92 Å². The van der Waals surface area contributed by atoms with E-state index in [0.717, 1.165) is 42.8 Å². The molecule has 5 nitrogen and oxygen atoms in total. The summed E-state index contributed by atoms with van der Waals surface area (Å²) in [6.07, 6.45) is 12.0. The Balaban J connectivity index is 1.65. The van der Waals surface area contributed by atoms with E-state index < -0.39 is 0 Å². The number of nitrogens with one attached hydrogen (secondary N) is 1. The maximum atomic E-state index is 12.1. The first-order valence-electron chi connectivity index (χ1n) is 10.6. The lowest BCUT2D eigenvalue weighted by Gasteiger charge is -2.19. The zero-order chi connectivity index (χ0) is 20.0. The number of amides is 1. The highest BCUT2D eigenvalue weighted by Crippen LogP contribution is 2.47. The average molecular weight is 405 g/mol. The molecule has 1 N–H and O–H groups in total. The number of aromatic nitrogens is 1. The molecule has 154 valence electrons. The standard InChI is InChI=1S/C22H32N2O3S/c1-16-14-23-21(26)11-7-9-19(25)8-5-3-4-6-10-20-22(16,27-20)13-12-18-15-28-17(2)24-18/h12-13,15-16,20H,3-11,14H2,1-2H3,(H,23,26). The predicted molar refractivity (Wildman–Crippen MR) is 112 cm³/mol. The van der Waals surface area contributed by atoms with Crippen LogP contribution in [0.25, 0.3) is 6.08 Å². The number of hydrogen-bond acceptors (Lipinski definition) is 5. The number of Topliss-reactive ketones (excluding diaryl/α,β-unsaturated/α-hetero) is 1. The molecular formula is C22H32N2O3S. The Morgan fingerprint density at radius 2 is 1.96 bits per heavy atom. The molecule has 3 rings (SSSR count). The Bertz CT molecular complexity index is 714. The molecule has 2 aliphatic heterocycles. The summed E-state index contributed by atoms with van der Waals surface area (Å²) in [5.74, 6) is 0.505. The van der Waals surface area contributed by atoms with Gasteiger partial charge in [-0.1, -0.05) is 26.2 Å². The van der Waals surface area contributed by atoms with Crippen molar-refractivity contribution >= 4 is 29.1 Å². The molecule has 3 atom stereocenters. The third kappa shape index (κ3) is 5.74. The van der Waals surface area contributed by atoms with Crippen molar-refractivity contribution in [3.63, 3.8) is 0 Å². The Morgan fingerprint density at radius 3 is 2.75 bits per heavy atom. The largest absolute Gasteiger partial charge is 0.361 e. The number of aryl methyl sites for hydroxylation is 1. The first-order valence-corrected chi connectivity index (χ1v) is 11.4. The first-order chi connectivity index (χ1) is 13.5. The zero-order valence-corrected chi connectivity index (χ0v) is 17.9. The van der Waals surface area contributed by atoms with Gasteiger partial charge in [-0.3, -0.25) is 9.59 Å². The van der Waals surface area contributed by atoms with Gasteiger partial charge in [-0.2, -0.15) is 0 Å². The average Bonchev–Trinajstić information content (AvgIpc) is 3.22. The van der Waals surface area contributed by atoms with Crippen LogP contribution in [0.15, 0.2) is 11.5 Å². The summed E-state index contributed by atoms with van der Waals surface area (Å²) in [6.45, 7) is 4.74. The number of hydrogen-bond donors (Lipinski definition) is 1. The molecule has 3 unspecified atom stereocenters. The number of nitrogens with zero attached hydrogens (tertiary/aromatic N) is 1. The third-order valence-electron chi connectivity index (χ3n) is 5.85. The summed E-state index contributed by atoms with van der Waals surface area (Å²) in [6, 6.07) is 0. The van der Waals surface area contributed by atoms with E-state index in [9.17, 15) is 9.59 Å². The SMILES string of the molecule is Cc1nc(C=CC23OC2CCCCCCC(=O)CCCC(=O)NCC3C)cs1. The molecule has 2 aliphatic rings. The Hall–Kier alpha value is -1.53. The fourth-order valence-electron chi connectivity index (χ4n) is 4.01. The number of fused-ring (bicyclic) bond motifs is 1. The number of carbonyl (C=O) groups is 2. The number of carbonyl (C=O) groups excluding carboxylic acids is 2. The fourth-order valence-corrected chi connectivity index (χ4v) is 4.59. The lowest BCUT2D eigenvalue weighted by molar-refractivity contribution is -0.122. The molecule has 0 bridgehead atoms. The van der Waals surface area contributed by atoms with Crippen molar-refractivity contribution in [2.45, 2.75) is 83.3 Å². The van der Waals surface area contributed by atoms with Gasteiger partial charge in [0.25, 0.3) is 0 Å². The molecule has 3 heterocycles. The van der Waals surface area contributed by atoms with Gasteiger partial charge in [-0.25, -0.2) is 4.98 Å². The monoisotopic (exact) mass is 404 g/mol. The van der Waals surface area contributed by atoms with Crippen LogP contribution in [0.3, 0.4) is 0 Å². The molecule has 0 saturated carbocycles. The molecule has 0 aliphatic carbocycles. The Morgan fingerprint density at radius 1 is 1.18 bits per heavy atom. The summed E-state index contributed by atoms with van der Waals surface area (Å²) in [7, 11) is 0. The maximum absolute atomic E-state index is 12.1. The highest BCUT2D eigenvalue weighted by molar-refractivity contribution is 7.09. The van der Waals surface area contributed by atoms with Gasteiger partial charge in [0.05, 0.1) is 16.8 Å². The van der Waals surface area contributed by atoms with Gasteiger partial charge in [0.1, 0.15) is 11.4 Å². The first kappa shape index (κ1) is 21.2. The van der Waals surface area contributed by atoms with Crippen LogP contribution in [0.2, 0.25) is 0 Å². The smallest absolute Gasteiger partial charge is 0.220 e. The van der Waals surface area contributed by atoms with Crippen molar-refractivity contribution in [1.82, 2.24) is 10.3 Å². The molecule has 1 amide bonds. The Labute approximate surface area is 172 Å². The van der Waals surface area contributed by atoms with Gasteiger partial charge >= 0.3 is 0 Å². The fraction of sp³-hybridized carbons (Fsp3) is 0.682. The van der Waals surface area contributed by atoms with Crippen molar-refractivity contribution < 1.29 is 14.3 Å². The minimum Gasteiger partial charge on any atom is -0.361 e. The molecule has 2 saturated heterocycles. The van der Waals surface area contributed by atoms with Gasteiger partial charge in [0.2, 0.25) is 5.91 Å². The van der Waals surface area contributed by atoms with E-state index in [2.05, 4.69) is 34.8 Å². The lowest BCUT2D eigenvalue weighted by atomic mass is 9.87. The van der Waals surface area contributed by atoms with Gasteiger partial charge in [-0.15, -0.1) is 11.3 Å². The van der Waals surface area contributed by atoms with Crippen LogP contribution in [-0.2, 0) is 14.3 Å². The number of rotatable bonds is 2. The van der Waals surface area contributed by atoms with E-state index in [0.29, 0.717) is 38.0 Å². The summed E-state index contributed by atoms with van der Waals surface area (Å²) < 4.78 is 6.21. The van der Waals surface area contributed by atoms with Crippen LogP contribution >= 0.6 is 11.3 Å². The number of thiazole rings is 1. The number of ether oxygens (including phenoxy) is 1. The molecule has 0 spiro atoms. The maximum Gasteiger partial charge on any atom is 0.220 e. The van der Waals surface area contributed by atoms with E-state index in [1.54, 1.807) is 11.3 Å². The van der Waals surface area contributed by atoms with E-state index in [1.165, 1.54) is 0 Å². The van der Waals surface area contributed by atoms with Crippen LogP contribution in [0.5, 0.6) is 0 Å². The van der Waals surface area contributed by atoms with Gasteiger partial charge in [0.15, 0.2) is 0 Å². The van der Waals surface area contributed by atoms with Crippen LogP contribution in [0, 0.1) is 12.8 Å². The molecule has 28 heavy (non-hydrogen) atoms. The topological polar surface area (TPSA) is 71.6 Å². The molecule has 1 aromatic heterocycles. The summed E-state index contributed by atoms with van der Waals surface area (Å²) >= 11 is 1.65. The number of ketones is 1. The highest BCUT2D eigenvalue weighted by Gasteiger charge is 2.57. The zero-order valence-electron chi connectivity index (χ0n) is 17.0. The van der Waals surface area contributed by atoms with E-state index in [1.807, 2.05) is 6.92 Å². The summed E-state index contributed by atoms with van der Waals surface area (Å²) in [4.78, 5) is 28.5. The second-order valence-electron chi connectivity index (χ2n) is 8.14. The second kappa shape index (κ2) is 9.79. The molecule has 0 aromatic carbocycles. The summed E-state index contributed by atoms with van der Waals surface area (Å²) in [5.41, 5.74) is 0.664. The molecule has 6 heteroatoms. The molecular weight excluding hydrogens is 372 g/mol. The van der Waals surface area contributed by atoms with Gasteiger partial charge in [0, 0.05) is 37.1 Å². The normalized spacial score (nSPS) is 30.8. The second-order valence-corrected chi connectivity index (χ2v) is 9.20. The van der Waals surface area contributed by atoms with E-state index in [4.69, 9.17) is 4.74 Å². The van der Waals surface area contributed by atoms with Gasteiger partial charge in [-0.05, 0) is 38.3 Å².